The highest BCUT2D eigenvalue weighted by Crippen LogP contribution is 2.15. The first-order valence-corrected chi connectivity index (χ1v) is 9.26. The van der Waals surface area contributed by atoms with Gasteiger partial charge in [-0.25, -0.2) is 0 Å². The highest BCUT2D eigenvalue weighted by Gasteiger charge is 2.10. The third kappa shape index (κ3) is 5.84. The molecule has 2 amide bonds. The molecule has 3 aromatic carbocycles. The van der Waals surface area contributed by atoms with Crippen LogP contribution >= 0.6 is 0 Å². The number of carbonyl (C=O) groups is 2. The van der Waals surface area contributed by atoms with Gasteiger partial charge in [-0.05, 0) is 55.0 Å². The summed E-state index contributed by atoms with van der Waals surface area (Å²) in [6.45, 7) is 2.82. The summed E-state index contributed by atoms with van der Waals surface area (Å²) < 4.78 is 11.1. The fraction of sp³-hybridized carbons (Fsp3) is 0.130. The highest BCUT2D eigenvalue weighted by molar-refractivity contribution is 5.99. The summed E-state index contributed by atoms with van der Waals surface area (Å²) in [7, 11) is 0. The van der Waals surface area contributed by atoms with Crippen molar-refractivity contribution < 1.29 is 19.1 Å². The monoisotopic (exact) mass is 390 g/mol. The molecule has 0 radical (unpaired) electrons. The van der Waals surface area contributed by atoms with Crippen molar-refractivity contribution in [2.24, 2.45) is 0 Å². The van der Waals surface area contributed by atoms with E-state index in [4.69, 9.17) is 9.47 Å². The first kappa shape index (κ1) is 19.9. The van der Waals surface area contributed by atoms with Crippen LogP contribution in [0.5, 0.6) is 11.5 Å². The van der Waals surface area contributed by atoms with E-state index in [0.717, 1.165) is 5.56 Å². The van der Waals surface area contributed by atoms with E-state index in [0.29, 0.717) is 35.8 Å². The number of rotatable bonds is 7. The van der Waals surface area contributed by atoms with Crippen molar-refractivity contribution in [1.29, 1.82) is 0 Å². The molecular weight excluding hydrogens is 368 g/mol. The summed E-state index contributed by atoms with van der Waals surface area (Å²) in [4.78, 5) is 24.5. The molecule has 0 aliphatic rings. The van der Waals surface area contributed by atoms with Gasteiger partial charge in [-0.2, -0.15) is 0 Å². The molecule has 0 spiro atoms. The van der Waals surface area contributed by atoms with Crippen molar-refractivity contribution in [3.8, 4) is 11.5 Å². The Labute approximate surface area is 169 Å². The molecule has 0 aliphatic carbocycles. The van der Waals surface area contributed by atoms with Gasteiger partial charge in [-0.3, -0.25) is 20.4 Å². The molecule has 0 bridgehead atoms. The van der Waals surface area contributed by atoms with Crippen LogP contribution in [0.25, 0.3) is 0 Å². The zero-order chi connectivity index (χ0) is 20.5. The lowest BCUT2D eigenvalue weighted by Gasteiger charge is -2.10. The van der Waals surface area contributed by atoms with Gasteiger partial charge in [0.2, 0.25) is 0 Å². The Morgan fingerprint density at radius 1 is 0.724 bits per heavy atom. The molecule has 6 heteroatoms. The number of hydrogen-bond donors (Lipinski definition) is 2. The third-order valence-corrected chi connectivity index (χ3v) is 4.06. The number of hydrazine groups is 1. The van der Waals surface area contributed by atoms with Gasteiger partial charge in [0.1, 0.15) is 18.1 Å². The van der Waals surface area contributed by atoms with E-state index in [2.05, 4.69) is 10.9 Å². The van der Waals surface area contributed by atoms with Crippen LogP contribution in [0.3, 0.4) is 0 Å². The maximum absolute atomic E-state index is 12.2. The van der Waals surface area contributed by atoms with Gasteiger partial charge >= 0.3 is 0 Å². The number of amides is 2. The molecule has 3 aromatic rings. The Hall–Kier alpha value is -3.80. The van der Waals surface area contributed by atoms with E-state index in [1.54, 1.807) is 48.5 Å². The van der Waals surface area contributed by atoms with Crippen molar-refractivity contribution >= 4 is 11.8 Å². The first-order valence-electron chi connectivity index (χ1n) is 9.26. The van der Waals surface area contributed by atoms with Gasteiger partial charge in [-0.15, -0.1) is 0 Å². The van der Waals surface area contributed by atoms with Crippen molar-refractivity contribution in [2.75, 3.05) is 6.61 Å². The van der Waals surface area contributed by atoms with E-state index >= 15 is 0 Å². The molecule has 0 aliphatic heterocycles. The molecule has 148 valence electrons. The first-order chi connectivity index (χ1) is 14.2. The summed E-state index contributed by atoms with van der Waals surface area (Å²) in [5, 5.41) is 0. The molecule has 0 saturated carbocycles. The SMILES string of the molecule is CCOc1cccc(C(=O)NNC(=O)c2ccc(OCc3ccccc3)cc2)c1. The van der Waals surface area contributed by atoms with Gasteiger partial charge in [0.25, 0.3) is 11.8 Å². The lowest BCUT2D eigenvalue weighted by molar-refractivity contribution is 0.0846. The van der Waals surface area contributed by atoms with E-state index in [-0.39, 0.29) is 0 Å². The maximum atomic E-state index is 12.2. The molecule has 0 aromatic heterocycles. The molecule has 0 atom stereocenters. The summed E-state index contributed by atoms with van der Waals surface area (Å²) in [6, 6.07) is 23.3. The number of hydrogen-bond acceptors (Lipinski definition) is 4. The van der Waals surface area contributed by atoms with Crippen LogP contribution in [-0.2, 0) is 6.61 Å². The Morgan fingerprint density at radius 3 is 2.10 bits per heavy atom. The van der Waals surface area contributed by atoms with Crippen molar-refractivity contribution in [1.82, 2.24) is 10.9 Å². The molecule has 0 unspecified atom stereocenters. The van der Waals surface area contributed by atoms with E-state index in [9.17, 15) is 9.59 Å². The average Bonchev–Trinajstić information content (AvgIpc) is 2.77. The Bertz CT molecular complexity index is 956. The minimum absolute atomic E-state index is 0.390. The predicted molar refractivity (Wildman–Crippen MR) is 110 cm³/mol. The average molecular weight is 390 g/mol. The van der Waals surface area contributed by atoms with Crippen LogP contribution in [0.4, 0.5) is 0 Å². The van der Waals surface area contributed by atoms with Gasteiger partial charge < -0.3 is 9.47 Å². The topological polar surface area (TPSA) is 76.7 Å². The van der Waals surface area contributed by atoms with E-state index in [1.807, 2.05) is 37.3 Å². The third-order valence-electron chi connectivity index (χ3n) is 4.06. The van der Waals surface area contributed by atoms with Crippen LogP contribution < -0.4 is 20.3 Å². The Kier molecular flexibility index (Phi) is 6.84. The van der Waals surface area contributed by atoms with E-state index < -0.39 is 11.8 Å². The van der Waals surface area contributed by atoms with Gasteiger partial charge in [0, 0.05) is 11.1 Å². The minimum atomic E-state index is -0.428. The van der Waals surface area contributed by atoms with E-state index in [1.165, 1.54) is 0 Å². The summed E-state index contributed by atoms with van der Waals surface area (Å²) in [5.74, 6) is 0.399. The largest absolute Gasteiger partial charge is 0.494 e. The minimum Gasteiger partial charge on any atom is -0.494 e. The van der Waals surface area contributed by atoms with Crippen molar-refractivity contribution in [2.45, 2.75) is 13.5 Å². The van der Waals surface area contributed by atoms with Gasteiger partial charge in [0.05, 0.1) is 6.61 Å². The molecular formula is C23H22N2O4. The normalized spacial score (nSPS) is 10.1. The van der Waals surface area contributed by atoms with Crippen molar-refractivity contribution in [3.63, 3.8) is 0 Å². The predicted octanol–water partition coefficient (Wildman–Crippen LogP) is 3.74. The Morgan fingerprint density at radius 2 is 1.41 bits per heavy atom. The number of benzene rings is 3. The smallest absolute Gasteiger partial charge is 0.269 e. The summed E-state index contributed by atoms with van der Waals surface area (Å²) in [6.07, 6.45) is 0. The molecule has 6 nitrogen and oxygen atoms in total. The maximum Gasteiger partial charge on any atom is 0.269 e. The molecule has 29 heavy (non-hydrogen) atoms. The lowest BCUT2D eigenvalue weighted by Crippen LogP contribution is -2.41. The fourth-order valence-electron chi connectivity index (χ4n) is 2.60. The summed E-state index contributed by atoms with van der Waals surface area (Å²) in [5.41, 5.74) is 6.66. The number of carbonyl (C=O) groups excluding carboxylic acids is 2. The van der Waals surface area contributed by atoms with Crippen LogP contribution in [0.1, 0.15) is 33.2 Å². The standard InChI is InChI=1S/C23H22N2O4/c1-2-28-21-10-6-9-19(15-21)23(27)25-24-22(26)18-11-13-20(14-12-18)29-16-17-7-4-3-5-8-17/h3-15H,2,16H2,1H3,(H,24,26)(H,25,27). The fourth-order valence-corrected chi connectivity index (χ4v) is 2.60. The van der Waals surface area contributed by atoms with Crippen LogP contribution in [0.2, 0.25) is 0 Å². The van der Waals surface area contributed by atoms with Gasteiger partial charge in [-0.1, -0.05) is 36.4 Å². The zero-order valence-corrected chi connectivity index (χ0v) is 16.1. The Balaban J connectivity index is 1.51. The quantitative estimate of drug-likeness (QED) is 0.603. The van der Waals surface area contributed by atoms with Crippen LogP contribution in [0.15, 0.2) is 78.9 Å². The molecule has 2 N–H and O–H groups in total. The molecule has 0 heterocycles. The molecule has 0 saturated heterocycles. The lowest BCUT2D eigenvalue weighted by atomic mass is 10.2. The zero-order valence-electron chi connectivity index (χ0n) is 16.1. The second-order valence-electron chi connectivity index (χ2n) is 6.17. The van der Waals surface area contributed by atoms with Gasteiger partial charge in [0.15, 0.2) is 0 Å². The van der Waals surface area contributed by atoms with Crippen molar-refractivity contribution in [3.05, 3.63) is 95.6 Å². The number of nitrogens with one attached hydrogen (secondary N) is 2. The van der Waals surface area contributed by atoms with Crippen LogP contribution in [-0.4, -0.2) is 18.4 Å². The number of ether oxygens (including phenoxy) is 2. The highest BCUT2D eigenvalue weighted by atomic mass is 16.5. The van der Waals surface area contributed by atoms with Crippen LogP contribution in [0, 0.1) is 0 Å². The summed E-state index contributed by atoms with van der Waals surface area (Å²) >= 11 is 0. The second-order valence-corrected chi connectivity index (χ2v) is 6.17. The molecule has 0 fully saturated rings. The molecule has 3 rings (SSSR count). The second kappa shape index (κ2) is 9.94.